The molecule has 0 saturated heterocycles. The lowest BCUT2D eigenvalue weighted by molar-refractivity contribution is 0.102. The van der Waals surface area contributed by atoms with E-state index >= 15 is 0 Å². The van der Waals surface area contributed by atoms with Crippen LogP contribution in [0.2, 0.25) is 0 Å². The van der Waals surface area contributed by atoms with E-state index in [0.717, 1.165) is 23.1 Å². The highest BCUT2D eigenvalue weighted by Crippen LogP contribution is 2.26. The van der Waals surface area contributed by atoms with E-state index in [9.17, 15) is 4.79 Å². The molecule has 4 nitrogen and oxygen atoms in total. The van der Waals surface area contributed by atoms with E-state index in [1.54, 1.807) is 6.07 Å². The molecule has 0 aromatic heterocycles. The van der Waals surface area contributed by atoms with E-state index in [2.05, 4.69) is 47.2 Å². The summed E-state index contributed by atoms with van der Waals surface area (Å²) in [5, 5.41) is 2.95. The topological polar surface area (TPSA) is 47.6 Å². The minimum atomic E-state index is -0.227. The highest BCUT2D eigenvalue weighted by atomic mass is 79.9. The van der Waals surface area contributed by atoms with E-state index in [4.69, 9.17) is 9.47 Å². The first-order valence-corrected chi connectivity index (χ1v) is 11.3. The van der Waals surface area contributed by atoms with Gasteiger partial charge in [-0.05, 0) is 48.2 Å². The molecule has 3 rings (SSSR count). The van der Waals surface area contributed by atoms with Crippen LogP contribution in [0.25, 0.3) is 0 Å². The molecular formula is C26H28BrNO3. The van der Waals surface area contributed by atoms with Gasteiger partial charge in [0.1, 0.15) is 11.5 Å². The number of benzene rings is 3. The Morgan fingerprint density at radius 3 is 2.52 bits per heavy atom. The molecule has 3 aromatic rings. The molecule has 0 aliphatic heterocycles. The molecular weight excluding hydrogens is 454 g/mol. The van der Waals surface area contributed by atoms with Gasteiger partial charge >= 0.3 is 0 Å². The Hall–Kier alpha value is -2.79. The van der Waals surface area contributed by atoms with Crippen LogP contribution < -0.4 is 14.8 Å². The van der Waals surface area contributed by atoms with Gasteiger partial charge in [0.25, 0.3) is 5.91 Å². The van der Waals surface area contributed by atoms with Gasteiger partial charge in [-0.1, -0.05) is 66.2 Å². The Labute approximate surface area is 192 Å². The zero-order valence-electron chi connectivity index (χ0n) is 17.9. The molecule has 0 spiro atoms. The lowest BCUT2D eigenvalue weighted by Gasteiger charge is -2.13. The fourth-order valence-electron chi connectivity index (χ4n) is 3.00. The van der Waals surface area contributed by atoms with Crippen LogP contribution in [0.5, 0.6) is 11.5 Å². The van der Waals surface area contributed by atoms with E-state index in [-0.39, 0.29) is 5.91 Å². The third-order valence-corrected chi connectivity index (χ3v) is 5.23. The molecule has 1 N–H and O–H groups in total. The van der Waals surface area contributed by atoms with Gasteiger partial charge in [0.15, 0.2) is 0 Å². The largest absolute Gasteiger partial charge is 0.494 e. The summed E-state index contributed by atoms with van der Waals surface area (Å²) >= 11 is 3.45. The quantitative estimate of drug-likeness (QED) is 0.348. The van der Waals surface area contributed by atoms with Crippen molar-refractivity contribution in [2.24, 2.45) is 5.92 Å². The van der Waals surface area contributed by atoms with Crippen molar-refractivity contribution in [3.63, 3.8) is 0 Å². The summed E-state index contributed by atoms with van der Waals surface area (Å²) in [6, 6.07) is 23.1. The predicted octanol–water partition coefficient (Wildman–Crippen LogP) is 6.75. The maximum absolute atomic E-state index is 13.0. The second-order valence-electron chi connectivity index (χ2n) is 7.74. The number of nitrogens with one attached hydrogen (secondary N) is 1. The van der Waals surface area contributed by atoms with Crippen LogP contribution in [-0.2, 0) is 6.42 Å². The van der Waals surface area contributed by atoms with Crippen LogP contribution >= 0.6 is 15.9 Å². The van der Waals surface area contributed by atoms with Gasteiger partial charge in [0, 0.05) is 22.6 Å². The van der Waals surface area contributed by atoms with E-state index in [1.807, 2.05) is 54.6 Å². The van der Waals surface area contributed by atoms with Crippen molar-refractivity contribution in [2.45, 2.75) is 26.7 Å². The fraction of sp³-hybridized carbons (Fsp3) is 0.269. The third kappa shape index (κ3) is 7.44. The Morgan fingerprint density at radius 2 is 1.74 bits per heavy atom. The monoisotopic (exact) mass is 481 g/mol. The van der Waals surface area contributed by atoms with Crippen LogP contribution in [0.15, 0.2) is 77.3 Å². The molecule has 31 heavy (non-hydrogen) atoms. The minimum Gasteiger partial charge on any atom is -0.494 e. The molecule has 0 heterocycles. The van der Waals surface area contributed by atoms with Gasteiger partial charge in [0.05, 0.1) is 18.8 Å². The molecule has 0 aliphatic rings. The fourth-order valence-corrected chi connectivity index (χ4v) is 3.36. The van der Waals surface area contributed by atoms with Crippen molar-refractivity contribution in [3.8, 4) is 11.5 Å². The second kappa shape index (κ2) is 11.6. The maximum atomic E-state index is 13.0. The summed E-state index contributed by atoms with van der Waals surface area (Å²) in [4.78, 5) is 13.0. The number of carbonyl (C=O) groups is 1. The van der Waals surface area contributed by atoms with Crippen molar-refractivity contribution in [2.75, 3.05) is 18.5 Å². The lowest BCUT2D eigenvalue weighted by Crippen LogP contribution is -2.14. The normalized spacial score (nSPS) is 10.7. The van der Waals surface area contributed by atoms with Gasteiger partial charge < -0.3 is 14.8 Å². The highest BCUT2D eigenvalue weighted by Gasteiger charge is 2.14. The summed E-state index contributed by atoms with van der Waals surface area (Å²) in [7, 11) is 0. The number of amides is 1. The van der Waals surface area contributed by atoms with E-state index in [1.165, 1.54) is 5.56 Å². The van der Waals surface area contributed by atoms with Crippen molar-refractivity contribution < 1.29 is 14.3 Å². The molecule has 162 valence electrons. The van der Waals surface area contributed by atoms with Crippen LogP contribution in [0.4, 0.5) is 5.69 Å². The number of hydrogen-bond acceptors (Lipinski definition) is 3. The van der Waals surface area contributed by atoms with Gasteiger partial charge in [-0.2, -0.15) is 0 Å². The molecule has 0 unspecified atom stereocenters. The molecule has 5 heteroatoms. The lowest BCUT2D eigenvalue weighted by atomic mass is 10.1. The van der Waals surface area contributed by atoms with Crippen LogP contribution in [-0.4, -0.2) is 19.1 Å². The Balaban J connectivity index is 1.65. The molecule has 3 aromatic carbocycles. The standard InChI is InChI=1S/C26H28BrNO3/c1-19(2)13-15-30-23-10-6-9-22(18-23)28-26(29)24-17-21(27)11-12-25(24)31-16-14-20-7-4-3-5-8-20/h3-12,17-19H,13-16H2,1-2H3,(H,28,29). The third-order valence-electron chi connectivity index (χ3n) is 4.73. The predicted molar refractivity (Wildman–Crippen MR) is 129 cm³/mol. The first-order valence-electron chi connectivity index (χ1n) is 10.5. The van der Waals surface area contributed by atoms with Crippen LogP contribution in [0, 0.1) is 5.92 Å². The van der Waals surface area contributed by atoms with E-state index < -0.39 is 0 Å². The summed E-state index contributed by atoms with van der Waals surface area (Å²) in [6.45, 7) is 5.47. The molecule has 0 aliphatic carbocycles. The van der Waals surface area contributed by atoms with Gasteiger partial charge in [-0.15, -0.1) is 0 Å². The first kappa shape index (κ1) is 22.9. The Kier molecular flexibility index (Phi) is 8.53. The summed E-state index contributed by atoms with van der Waals surface area (Å²) in [5.74, 6) is 1.66. The number of anilines is 1. The summed E-state index contributed by atoms with van der Waals surface area (Å²) < 4.78 is 12.6. The number of hydrogen-bond donors (Lipinski definition) is 1. The zero-order valence-corrected chi connectivity index (χ0v) is 19.5. The van der Waals surface area contributed by atoms with Crippen molar-refractivity contribution in [1.82, 2.24) is 0 Å². The molecule has 0 bridgehead atoms. The van der Waals surface area contributed by atoms with Gasteiger partial charge in [-0.25, -0.2) is 0 Å². The molecule has 0 radical (unpaired) electrons. The average Bonchev–Trinajstić information content (AvgIpc) is 2.75. The van der Waals surface area contributed by atoms with Crippen molar-refractivity contribution in [1.29, 1.82) is 0 Å². The number of carbonyl (C=O) groups excluding carboxylic acids is 1. The van der Waals surface area contributed by atoms with Crippen LogP contribution in [0.3, 0.4) is 0 Å². The molecule has 0 saturated carbocycles. The first-order chi connectivity index (χ1) is 15.0. The smallest absolute Gasteiger partial charge is 0.259 e. The summed E-state index contributed by atoms with van der Waals surface area (Å²) in [6.07, 6.45) is 1.76. The minimum absolute atomic E-state index is 0.227. The molecule has 1 amide bonds. The Bertz CT molecular complexity index is 989. The van der Waals surface area contributed by atoms with Crippen molar-refractivity contribution >= 4 is 27.5 Å². The average molecular weight is 482 g/mol. The molecule has 0 fully saturated rings. The summed E-state index contributed by atoms with van der Waals surface area (Å²) in [5.41, 5.74) is 2.36. The SMILES string of the molecule is CC(C)CCOc1cccc(NC(=O)c2cc(Br)ccc2OCCc2ccccc2)c1. The van der Waals surface area contributed by atoms with Crippen molar-refractivity contribution in [3.05, 3.63) is 88.4 Å². The second-order valence-corrected chi connectivity index (χ2v) is 8.65. The number of halogens is 1. The number of rotatable bonds is 10. The van der Waals surface area contributed by atoms with Gasteiger partial charge in [-0.3, -0.25) is 4.79 Å². The van der Waals surface area contributed by atoms with Gasteiger partial charge in [0.2, 0.25) is 0 Å². The Morgan fingerprint density at radius 1 is 0.935 bits per heavy atom. The maximum Gasteiger partial charge on any atom is 0.259 e. The molecule has 0 atom stereocenters. The highest BCUT2D eigenvalue weighted by molar-refractivity contribution is 9.10. The van der Waals surface area contributed by atoms with Crippen LogP contribution in [0.1, 0.15) is 36.2 Å². The zero-order chi connectivity index (χ0) is 22.1. The number of ether oxygens (including phenoxy) is 2. The van der Waals surface area contributed by atoms with E-state index in [0.29, 0.717) is 36.1 Å².